The van der Waals surface area contributed by atoms with E-state index in [1.54, 1.807) is 12.1 Å². The van der Waals surface area contributed by atoms with Crippen LogP contribution >= 0.6 is 11.6 Å². The first-order valence-electron chi connectivity index (χ1n) is 11.1. The Bertz CT molecular complexity index is 1070. The normalized spacial score (nSPS) is 14.0. The van der Waals surface area contributed by atoms with Crippen LogP contribution < -0.4 is 16.0 Å². The molecule has 32 heavy (non-hydrogen) atoms. The lowest BCUT2D eigenvalue weighted by molar-refractivity contribution is 0.244. The number of urea groups is 1. The highest BCUT2D eigenvalue weighted by Crippen LogP contribution is 2.36. The Morgan fingerprint density at radius 3 is 2.47 bits per heavy atom. The van der Waals surface area contributed by atoms with E-state index >= 15 is 0 Å². The van der Waals surface area contributed by atoms with Gasteiger partial charge in [-0.05, 0) is 41.7 Å². The molecule has 0 saturated heterocycles. The predicted octanol–water partition coefficient (Wildman–Crippen LogP) is 6.78. The average molecular weight is 450 g/mol. The maximum Gasteiger partial charge on any atom is 0.319 e. The number of hydrogen-bond donors (Lipinski definition) is 4. The second kappa shape index (κ2) is 10.4. The van der Waals surface area contributed by atoms with Crippen LogP contribution in [0.5, 0.6) is 5.75 Å². The lowest BCUT2D eigenvalue weighted by Gasteiger charge is -2.23. The number of phenols is 1. The van der Waals surface area contributed by atoms with Crippen LogP contribution in [-0.2, 0) is 6.54 Å². The molecular weight excluding hydrogens is 422 g/mol. The molecule has 0 aliphatic heterocycles. The molecule has 3 aromatic rings. The number of anilines is 2. The Hall–Kier alpha value is -3.18. The molecule has 1 aliphatic carbocycles. The lowest BCUT2D eigenvalue weighted by atomic mass is 9.96. The summed E-state index contributed by atoms with van der Waals surface area (Å²) in [6.45, 7) is 0.493. The number of carbonyl (C=O) groups excluding carboxylic acids is 1. The highest BCUT2D eigenvalue weighted by atomic mass is 35.5. The number of hydrogen-bond acceptors (Lipinski definition) is 3. The van der Waals surface area contributed by atoms with Crippen LogP contribution in [-0.4, -0.2) is 17.2 Å². The fourth-order valence-electron chi connectivity index (χ4n) is 4.17. The Balaban J connectivity index is 1.46. The molecular formula is C26H28ClN3O2. The zero-order valence-electron chi connectivity index (χ0n) is 17.9. The summed E-state index contributed by atoms with van der Waals surface area (Å²) in [5, 5.41) is 19.8. The molecule has 5 nitrogen and oxygen atoms in total. The number of rotatable bonds is 6. The van der Waals surface area contributed by atoms with Crippen molar-refractivity contribution in [2.75, 3.05) is 10.6 Å². The van der Waals surface area contributed by atoms with Crippen LogP contribution in [0.3, 0.4) is 0 Å². The fourth-order valence-corrected chi connectivity index (χ4v) is 4.39. The van der Waals surface area contributed by atoms with Gasteiger partial charge in [-0.3, -0.25) is 0 Å². The molecule has 0 bridgehead atoms. The lowest BCUT2D eigenvalue weighted by Crippen LogP contribution is -2.39. The van der Waals surface area contributed by atoms with E-state index in [0.717, 1.165) is 42.4 Å². The van der Waals surface area contributed by atoms with E-state index in [1.165, 1.54) is 6.42 Å². The van der Waals surface area contributed by atoms with Crippen molar-refractivity contribution < 1.29 is 9.90 Å². The smallest absolute Gasteiger partial charge is 0.319 e. The molecule has 0 radical (unpaired) electrons. The summed E-state index contributed by atoms with van der Waals surface area (Å²) < 4.78 is 0. The van der Waals surface area contributed by atoms with Crippen molar-refractivity contribution in [3.63, 3.8) is 0 Å². The number of benzene rings is 3. The fraction of sp³-hybridized carbons (Fsp3) is 0.269. The minimum absolute atomic E-state index is 0.0397. The first-order valence-corrected chi connectivity index (χ1v) is 11.4. The molecule has 1 saturated carbocycles. The summed E-state index contributed by atoms with van der Waals surface area (Å²) in [7, 11) is 0. The molecule has 6 heteroatoms. The molecule has 3 aromatic carbocycles. The molecule has 2 amide bonds. The van der Waals surface area contributed by atoms with E-state index in [0.29, 0.717) is 17.9 Å². The van der Waals surface area contributed by atoms with Gasteiger partial charge in [-0.1, -0.05) is 85.5 Å². The first kappa shape index (κ1) is 22.0. The number of aromatic hydroxyl groups is 1. The molecule has 1 aliphatic rings. The molecule has 4 rings (SSSR count). The van der Waals surface area contributed by atoms with Crippen LogP contribution in [0.2, 0.25) is 5.02 Å². The van der Waals surface area contributed by atoms with Gasteiger partial charge in [0, 0.05) is 18.3 Å². The van der Waals surface area contributed by atoms with Crippen molar-refractivity contribution in [1.29, 1.82) is 0 Å². The molecule has 0 unspecified atom stereocenters. The third-order valence-corrected chi connectivity index (χ3v) is 6.12. The third-order valence-electron chi connectivity index (χ3n) is 5.83. The molecule has 0 heterocycles. The maximum atomic E-state index is 12.4. The highest BCUT2D eigenvalue weighted by molar-refractivity contribution is 6.32. The van der Waals surface area contributed by atoms with Crippen LogP contribution in [0.1, 0.15) is 37.7 Å². The minimum atomic E-state index is -0.251. The second-order valence-electron chi connectivity index (χ2n) is 8.16. The second-order valence-corrected chi connectivity index (χ2v) is 8.57. The van der Waals surface area contributed by atoms with Gasteiger partial charge in [0.05, 0.1) is 10.7 Å². The molecule has 1 fully saturated rings. The van der Waals surface area contributed by atoms with Crippen molar-refractivity contribution in [2.24, 2.45) is 0 Å². The Kier molecular flexibility index (Phi) is 7.17. The van der Waals surface area contributed by atoms with Crippen LogP contribution in [0, 0.1) is 0 Å². The van der Waals surface area contributed by atoms with E-state index in [1.807, 2.05) is 36.4 Å². The predicted molar refractivity (Wildman–Crippen MR) is 131 cm³/mol. The summed E-state index contributed by atoms with van der Waals surface area (Å²) in [4.78, 5) is 12.4. The Morgan fingerprint density at radius 2 is 1.69 bits per heavy atom. The average Bonchev–Trinajstić information content (AvgIpc) is 2.82. The van der Waals surface area contributed by atoms with Gasteiger partial charge in [0.2, 0.25) is 0 Å². The van der Waals surface area contributed by atoms with Crippen LogP contribution in [0.4, 0.5) is 16.2 Å². The minimum Gasteiger partial charge on any atom is -0.504 e. The zero-order chi connectivity index (χ0) is 22.3. The van der Waals surface area contributed by atoms with E-state index in [2.05, 4.69) is 34.1 Å². The monoisotopic (exact) mass is 449 g/mol. The number of halogens is 1. The maximum absolute atomic E-state index is 12.4. The highest BCUT2D eigenvalue weighted by Gasteiger charge is 2.17. The van der Waals surface area contributed by atoms with Crippen molar-refractivity contribution in [1.82, 2.24) is 5.32 Å². The van der Waals surface area contributed by atoms with E-state index in [4.69, 9.17) is 11.6 Å². The Morgan fingerprint density at radius 1 is 0.969 bits per heavy atom. The number of phenolic OH excluding ortho intramolecular Hbond substituents is 1. The van der Waals surface area contributed by atoms with E-state index < -0.39 is 0 Å². The van der Waals surface area contributed by atoms with Crippen LogP contribution in [0.25, 0.3) is 11.1 Å². The van der Waals surface area contributed by atoms with Crippen molar-refractivity contribution >= 4 is 29.0 Å². The van der Waals surface area contributed by atoms with Crippen molar-refractivity contribution in [3.8, 4) is 16.9 Å². The van der Waals surface area contributed by atoms with Gasteiger partial charge in [-0.25, -0.2) is 4.79 Å². The van der Waals surface area contributed by atoms with Gasteiger partial charge >= 0.3 is 6.03 Å². The standard InChI is InChI=1S/C26H28ClN3O2/c27-23-15-21(30-26(32)29-20-12-5-2-6-13-20)16-24(25(23)31)28-17-19-11-7-8-14-22(19)18-9-3-1-4-10-18/h1,3-4,7-11,14-16,20,28,31H,2,5-6,12-13,17H2,(H2,29,30,32). The van der Waals surface area contributed by atoms with Gasteiger partial charge in [0.1, 0.15) is 0 Å². The van der Waals surface area contributed by atoms with E-state index in [-0.39, 0.29) is 22.8 Å². The van der Waals surface area contributed by atoms with Gasteiger partial charge in [0.25, 0.3) is 0 Å². The number of amides is 2. The van der Waals surface area contributed by atoms with E-state index in [9.17, 15) is 9.90 Å². The SMILES string of the molecule is O=C(Nc1cc(Cl)c(O)c(NCc2ccccc2-c2ccccc2)c1)NC1CCCCC1. The van der Waals surface area contributed by atoms with Crippen molar-refractivity contribution in [3.05, 3.63) is 77.3 Å². The van der Waals surface area contributed by atoms with Gasteiger partial charge in [-0.15, -0.1) is 0 Å². The Labute approximate surface area is 193 Å². The molecule has 166 valence electrons. The number of nitrogens with one attached hydrogen (secondary N) is 3. The largest absolute Gasteiger partial charge is 0.504 e. The number of carbonyl (C=O) groups is 1. The summed E-state index contributed by atoms with van der Waals surface area (Å²) in [5.74, 6) is -0.0397. The van der Waals surface area contributed by atoms with Crippen LogP contribution in [0.15, 0.2) is 66.7 Å². The molecule has 0 spiro atoms. The molecule has 0 aromatic heterocycles. The van der Waals surface area contributed by atoms with Crippen molar-refractivity contribution in [2.45, 2.75) is 44.7 Å². The summed E-state index contributed by atoms with van der Waals surface area (Å²) in [6.07, 6.45) is 5.55. The third kappa shape index (κ3) is 5.54. The van der Waals surface area contributed by atoms with Gasteiger partial charge in [0.15, 0.2) is 5.75 Å². The zero-order valence-corrected chi connectivity index (χ0v) is 18.7. The van der Waals surface area contributed by atoms with Gasteiger partial charge < -0.3 is 21.1 Å². The van der Waals surface area contributed by atoms with Gasteiger partial charge in [-0.2, -0.15) is 0 Å². The molecule has 0 atom stereocenters. The quantitative estimate of drug-likeness (QED) is 0.247. The molecule has 4 N–H and O–H groups in total. The summed E-state index contributed by atoms with van der Waals surface area (Å²) in [6, 6.07) is 21.5. The summed E-state index contributed by atoms with van der Waals surface area (Å²) >= 11 is 6.24. The first-order chi connectivity index (χ1) is 15.6. The summed E-state index contributed by atoms with van der Waals surface area (Å²) in [5.41, 5.74) is 4.32. The topological polar surface area (TPSA) is 73.4 Å².